The Morgan fingerprint density at radius 2 is 1.71 bits per heavy atom. The first kappa shape index (κ1) is 18.1. The van der Waals surface area contributed by atoms with Gasteiger partial charge in [-0.2, -0.15) is 0 Å². The highest BCUT2D eigenvalue weighted by Gasteiger charge is 2.26. The van der Waals surface area contributed by atoms with Crippen LogP contribution in [0.4, 0.5) is 5.69 Å². The molecule has 28 heavy (non-hydrogen) atoms. The Bertz CT molecular complexity index is 1160. The molecular formula is C22H23N3O3. The molecule has 0 fully saturated rings. The Hall–Kier alpha value is -3.28. The number of hydrogen-bond donors (Lipinski definition) is 0. The maximum Gasteiger partial charge on any atom is 0.329 e. The van der Waals surface area contributed by atoms with Gasteiger partial charge in [-0.05, 0) is 29.8 Å². The summed E-state index contributed by atoms with van der Waals surface area (Å²) in [7, 11) is 5.00. The molecule has 4 rings (SSSR count). The molecule has 1 aliphatic rings. The molecule has 0 spiro atoms. The van der Waals surface area contributed by atoms with E-state index in [1.165, 1.54) is 0 Å². The minimum atomic E-state index is -0.0838. The summed E-state index contributed by atoms with van der Waals surface area (Å²) in [6.45, 7) is 2.72. The zero-order valence-electron chi connectivity index (χ0n) is 16.5. The quantitative estimate of drug-likeness (QED) is 0.704. The van der Waals surface area contributed by atoms with Crippen LogP contribution in [0.1, 0.15) is 18.4 Å². The predicted molar refractivity (Wildman–Crippen MR) is 108 cm³/mol. The molecule has 1 unspecified atom stereocenters. The van der Waals surface area contributed by atoms with E-state index in [1.54, 1.807) is 25.8 Å². The molecule has 0 radical (unpaired) electrons. The number of hydrogen-bond acceptors (Lipinski definition) is 4. The third kappa shape index (κ3) is 2.91. The molecule has 0 N–H and O–H groups in total. The maximum absolute atomic E-state index is 13.1. The summed E-state index contributed by atoms with van der Waals surface area (Å²) in [4.78, 5) is 17.7. The molecule has 1 atom stereocenters. The number of fused-ring (bicyclic) bond motifs is 3. The van der Waals surface area contributed by atoms with Crippen LogP contribution in [0.25, 0.3) is 11.3 Å². The van der Waals surface area contributed by atoms with Crippen LogP contribution < -0.4 is 20.7 Å². The van der Waals surface area contributed by atoms with E-state index in [2.05, 4.69) is 11.9 Å². The second kappa shape index (κ2) is 7.03. The van der Waals surface area contributed by atoms with Crippen molar-refractivity contribution in [2.45, 2.75) is 19.4 Å². The van der Waals surface area contributed by atoms with Gasteiger partial charge in [0.1, 0.15) is 5.49 Å². The second-order valence-corrected chi connectivity index (χ2v) is 6.98. The smallest absolute Gasteiger partial charge is 0.329 e. The number of ether oxygens (including phenoxy) is 2. The molecule has 0 saturated carbocycles. The topological polar surface area (TPSA) is 57.8 Å². The van der Waals surface area contributed by atoms with Gasteiger partial charge in [-0.15, -0.1) is 0 Å². The molecule has 6 nitrogen and oxygen atoms in total. The van der Waals surface area contributed by atoms with Gasteiger partial charge >= 0.3 is 5.69 Å². The van der Waals surface area contributed by atoms with E-state index < -0.39 is 0 Å². The molecule has 3 aromatic rings. The van der Waals surface area contributed by atoms with Gasteiger partial charge in [0.15, 0.2) is 11.5 Å². The number of rotatable bonds is 3. The van der Waals surface area contributed by atoms with Crippen LogP contribution in [0.5, 0.6) is 11.5 Å². The molecule has 6 heteroatoms. The average molecular weight is 377 g/mol. The summed E-state index contributed by atoms with van der Waals surface area (Å²) in [6.07, 6.45) is 0. The van der Waals surface area contributed by atoms with Crippen molar-refractivity contribution in [2.24, 2.45) is 12.0 Å². The van der Waals surface area contributed by atoms with E-state index in [1.807, 2.05) is 53.1 Å². The fourth-order valence-electron chi connectivity index (χ4n) is 3.72. The summed E-state index contributed by atoms with van der Waals surface area (Å²) >= 11 is 0. The zero-order valence-corrected chi connectivity index (χ0v) is 16.5. The number of methoxy groups -OCH3 is 2. The van der Waals surface area contributed by atoms with E-state index in [0.29, 0.717) is 23.5 Å². The van der Waals surface area contributed by atoms with Gasteiger partial charge in [0.05, 0.1) is 25.6 Å². The van der Waals surface area contributed by atoms with Crippen molar-refractivity contribution in [3.05, 3.63) is 70.1 Å². The first-order chi connectivity index (χ1) is 13.5. The number of nitrogens with zero attached hydrogens (tertiary/aromatic N) is 3. The van der Waals surface area contributed by atoms with Crippen molar-refractivity contribution in [3.63, 3.8) is 0 Å². The molecular weight excluding hydrogens is 354 g/mol. The van der Waals surface area contributed by atoms with Crippen LogP contribution in [0.15, 0.2) is 58.3 Å². The van der Waals surface area contributed by atoms with Crippen molar-refractivity contribution in [1.82, 2.24) is 9.13 Å². The van der Waals surface area contributed by atoms with Crippen molar-refractivity contribution in [2.75, 3.05) is 14.2 Å². The first-order valence-electron chi connectivity index (χ1n) is 9.20. The van der Waals surface area contributed by atoms with Crippen molar-refractivity contribution in [3.8, 4) is 22.8 Å². The molecule has 2 heterocycles. The van der Waals surface area contributed by atoms with Crippen molar-refractivity contribution >= 4 is 5.69 Å². The van der Waals surface area contributed by atoms with E-state index >= 15 is 0 Å². The summed E-state index contributed by atoms with van der Waals surface area (Å²) in [6, 6.07) is 15.6. The standard InChI is InChI=1S/C22H23N3O3/c1-14-13-25-18(17-11-20(28-4)19(27-3)10-16(14)17)12-21(24(2)22(25)26)23-15-8-6-5-7-9-15/h5-12,14H,13H2,1-4H3. The molecule has 144 valence electrons. The Balaban J connectivity index is 2.01. The lowest BCUT2D eigenvalue weighted by molar-refractivity contribution is 0.354. The van der Waals surface area contributed by atoms with Gasteiger partial charge < -0.3 is 9.47 Å². The molecule has 1 aromatic heterocycles. The third-order valence-electron chi connectivity index (χ3n) is 5.24. The summed E-state index contributed by atoms with van der Waals surface area (Å²) < 4.78 is 14.4. The van der Waals surface area contributed by atoms with Crippen LogP contribution in [0, 0.1) is 0 Å². The molecule has 0 aliphatic carbocycles. The van der Waals surface area contributed by atoms with Gasteiger partial charge in [0.25, 0.3) is 0 Å². The molecule has 0 amide bonds. The Kier molecular flexibility index (Phi) is 4.55. The van der Waals surface area contributed by atoms with E-state index in [-0.39, 0.29) is 11.6 Å². The second-order valence-electron chi connectivity index (χ2n) is 6.98. The Morgan fingerprint density at radius 3 is 2.39 bits per heavy atom. The third-order valence-corrected chi connectivity index (χ3v) is 5.24. The fourth-order valence-corrected chi connectivity index (χ4v) is 3.72. The van der Waals surface area contributed by atoms with Crippen molar-refractivity contribution in [1.29, 1.82) is 0 Å². The Morgan fingerprint density at radius 1 is 1.04 bits per heavy atom. The van der Waals surface area contributed by atoms with E-state index in [0.717, 1.165) is 22.5 Å². The lowest BCUT2D eigenvalue weighted by atomic mass is 9.89. The number of benzene rings is 2. The maximum atomic E-state index is 13.1. The zero-order chi connectivity index (χ0) is 19.8. The van der Waals surface area contributed by atoms with Crippen LogP contribution in [-0.4, -0.2) is 23.4 Å². The fraction of sp³-hybridized carbons (Fsp3) is 0.273. The highest BCUT2D eigenvalue weighted by molar-refractivity contribution is 5.71. The lowest BCUT2D eigenvalue weighted by Gasteiger charge is -2.28. The normalized spacial score (nSPS) is 15.7. The number of aromatic nitrogens is 2. The average Bonchev–Trinajstić information content (AvgIpc) is 2.72. The number of para-hydroxylation sites is 1. The summed E-state index contributed by atoms with van der Waals surface area (Å²) in [5.74, 6) is 1.51. The van der Waals surface area contributed by atoms with Gasteiger partial charge in [0.2, 0.25) is 0 Å². The molecule has 0 saturated heterocycles. The van der Waals surface area contributed by atoms with Crippen LogP contribution in [0.2, 0.25) is 0 Å². The molecule has 1 aliphatic heterocycles. The van der Waals surface area contributed by atoms with E-state index in [9.17, 15) is 4.79 Å². The SMILES string of the molecule is COc1cc2c(cc1OC)C(C)Cn1c-2cc(=Nc2ccccc2)n(C)c1=O. The predicted octanol–water partition coefficient (Wildman–Crippen LogP) is 3.22. The van der Waals surface area contributed by atoms with Crippen LogP contribution in [0.3, 0.4) is 0 Å². The minimum absolute atomic E-state index is 0.0838. The monoisotopic (exact) mass is 377 g/mol. The minimum Gasteiger partial charge on any atom is -0.493 e. The highest BCUT2D eigenvalue weighted by atomic mass is 16.5. The molecule has 0 bridgehead atoms. The Labute approximate surface area is 163 Å². The summed E-state index contributed by atoms with van der Waals surface area (Å²) in [5, 5.41) is 0. The first-order valence-corrected chi connectivity index (χ1v) is 9.20. The van der Waals surface area contributed by atoms with Crippen LogP contribution in [-0.2, 0) is 13.6 Å². The van der Waals surface area contributed by atoms with Crippen LogP contribution >= 0.6 is 0 Å². The van der Waals surface area contributed by atoms with E-state index in [4.69, 9.17) is 9.47 Å². The van der Waals surface area contributed by atoms with Gasteiger partial charge in [-0.25, -0.2) is 9.79 Å². The highest BCUT2D eigenvalue weighted by Crippen LogP contribution is 2.41. The molecule has 2 aromatic carbocycles. The van der Waals surface area contributed by atoms with Gasteiger partial charge in [-0.1, -0.05) is 25.1 Å². The van der Waals surface area contributed by atoms with Crippen molar-refractivity contribution < 1.29 is 9.47 Å². The van der Waals surface area contributed by atoms with Gasteiger partial charge in [0, 0.05) is 31.1 Å². The van der Waals surface area contributed by atoms with Gasteiger partial charge in [-0.3, -0.25) is 9.13 Å². The summed E-state index contributed by atoms with van der Waals surface area (Å²) in [5.41, 5.74) is 4.28. The lowest BCUT2D eigenvalue weighted by Crippen LogP contribution is -2.41. The largest absolute Gasteiger partial charge is 0.493 e.